The Kier molecular flexibility index (Phi) is 6.32. The predicted octanol–water partition coefficient (Wildman–Crippen LogP) is 2.79. The first kappa shape index (κ1) is 21.0. The molecule has 156 valence electrons. The maximum atomic E-state index is 13.2. The lowest BCUT2D eigenvalue weighted by Gasteiger charge is -2.25. The minimum atomic E-state index is -3.49. The van der Waals surface area contributed by atoms with Gasteiger partial charge in [-0.15, -0.1) is 0 Å². The van der Waals surface area contributed by atoms with Crippen molar-refractivity contribution in [2.75, 3.05) is 33.6 Å². The van der Waals surface area contributed by atoms with Crippen molar-refractivity contribution in [3.63, 3.8) is 0 Å². The monoisotopic (exact) mass is 419 g/mol. The van der Waals surface area contributed by atoms with E-state index in [1.807, 2.05) is 0 Å². The number of amides is 1. The second kappa shape index (κ2) is 8.73. The molecule has 1 saturated heterocycles. The van der Waals surface area contributed by atoms with Gasteiger partial charge in [-0.1, -0.05) is 18.2 Å². The number of ether oxygens (including phenoxy) is 3. The Bertz CT molecular complexity index is 949. The van der Waals surface area contributed by atoms with Crippen LogP contribution in [0, 0.1) is 0 Å². The van der Waals surface area contributed by atoms with Gasteiger partial charge in [0.15, 0.2) is 21.3 Å². The van der Waals surface area contributed by atoms with Crippen LogP contribution in [0.5, 0.6) is 17.2 Å². The SMILES string of the molecule is COc1cc(C(=O)N2CCCC2CS(=O)(=O)c2ccccc2)cc(OC)c1OC. The number of sulfone groups is 1. The van der Waals surface area contributed by atoms with Gasteiger partial charge in [0.05, 0.1) is 32.0 Å². The third-order valence-corrected chi connectivity index (χ3v) is 6.88. The molecule has 2 aromatic rings. The number of benzene rings is 2. The number of carbonyl (C=O) groups is 1. The van der Waals surface area contributed by atoms with E-state index in [1.54, 1.807) is 47.4 Å². The summed E-state index contributed by atoms with van der Waals surface area (Å²) >= 11 is 0. The summed E-state index contributed by atoms with van der Waals surface area (Å²) in [6, 6.07) is 11.1. The molecule has 0 N–H and O–H groups in total. The smallest absolute Gasteiger partial charge is 0.254 e. The molecule has 3 rings (SSSR count). The lowest BCUT2D eigenvalue weighted by molar-refractivity contribution is 0.0748. The standard InChI is InChI=1S/C21H25NO6S/c1-26-18-12-15(13-19(27-2)20(18)28-3)21(23)22-11-7-8-16(22)14-29(24,25)17-9-5-4-6-10-17/h4-6,9-10,12-13,16H,7-8,11,14H2,1-3H3. The molecule has 0 radical (unpaired) electrons. The van der Waals surface area contributed by atoms with Crippen LogP contribution in [-0.2, 0) is 9.84 Å². The van der Waals surface area contributed by atoms with Crippen molar-refractivity contribution in [1.82, 2.24) is 4.90 Å². The summed E-state index contributed by atoms with van der Waals surface area (Å²) in [5.74, 6) is 0.796. The molecule has 0 aromatic heterocycles. The van der Waals surface area contributed by atoms with Gasteiger partial charge < -0.3 is 19.1 Å². The lowest BCUT2D eigenvalue weighted by atomic mass is 10.1. The maximum Gasteiger partial charge on any atom is 0.254 e. The quantitative estimate of drug-likeness (QED) is 0.686. The van der Waals surface area contributed by atoms with Crippen molar-refractivity contribution in [2.24, 2.45) is 0 Å². The van der Waals surface area contributed by atoms with Gasteiger partial charge in [-0.2, -0.15) is 0 Å². The van der Waals surface area contributed by atoms with Crippen LogP contribution in [0.15, 0.2) is 47.4 Å². The highest BCUT2D eigenvalue weighted by atomic mass is 32.2. The van der Waals surface area contributed by atoms with Crippen LogP contribution in [0.2, 0.25) is 0 Å². The van der Waals surface area contributed by atoms with Gasteiger partial charge in [0.2, 0.25) is 5.75 Å². The fraction of sp³-hybridized carbons (Fsp3) is 0.381. The zero-order chi connectivity index (χ0) is 21.0. The van der Waals surface area contributed by atoms with E-state index in [2.05, 4.69) is 0 Å². The van der Waals surface area contributed by atoms with E-state index in [9.17, 15) is 13.2 Å². The number of hydrogen-bond acceptors (Lipinski definition) is 6. The molecule has 1 atom stereocenters. The summed E-state index contributed by atoms with van der Waals surface area (Å²) in [7, 11) is 0.967. The van der Waals surface area contributed by atoms with Crippen LogP contribution >= 0.6 is 0 Å². The second-order valence-corrected chi connectivity index (χ2v) is 8.84. The van der Waals surface area contributed by atoms with E-state index in [0.29, 0.717) is 35.8 Å². The zero-order valence-electron chi connectivity index (χ0n) is 16.8. The first-order valence-corrected chi connectivity index (χ1v) is 10.9. The zero-order valence-corrected chi connectivity index (χ0v) is 17.6. The molecule has 2 aromatic carbocycles. The summed E-state index contributed by atoms with van der Waals surface area (Å²) < 4.78 is 41.5. The minimum Gasteiger partial charge on any atom is -0.493 e. The van der Waals surface area contributed by atoms with Crippen LogP contribution in [0.25, 0.3) is 0 Å². The average Bonchev–Trinajstić information content (AvgIpc) is 3.19. The van der Waals surface area contributed by atoms with Gasteiger partial charge in [-0.25, -0.2) is 8.42 Å². The summed E-state index contributed by atoms with van der Waals surface area (Å²) in [6.45, 7) is 0.504. The topological polar surface area (TPSA) is 82.1 Å². The molecule has 8 heteroatoms. The summed E-state index contributed by atoms with van der Waals surface area (Å²) in [6.07, 6.45) is 1.40. The van der Waals surface area contributed by atoms with Crippen molar-refractivity contribution in [2.45, 2.75) is 23.8 Å². The molecule has 0 bridgehead atoms. The highest BCUT2D eigenvalue weighted by molar-refractivity contribution is 7.91. The molecule has 1 heterocycles. The van der Waals surface area contributed by atoms with Crippen LogP contribution in [0.1, 0.15) is 23.2 Å². The largest absolute Gasteiger partial charge is 0.493 e. The van der Waals surface area contributed by atoms with Crippen LogP contribution in [0.4, 0.5) is 0 Å². The number of likely N-dealkylation sites (tertiary alicyclic amines) is 1. The Morgan fingerprint density at radius 2 is 1.66 bits per heavy atom. The Labute approximate surface area is 171 Å². The highest BCUT2D eigenvalue weighted by Crippen LogP contribution is 2.39. The van der Waals surface area contributed by atoms with Gasteiger partial charge in [0.25, 0.3) is 5.91 Å². The number of nitrogens with zero attached hydrogens (tertiary/aromatic N) is 1. The van der Waals surface area contributed by atoms with Crippen molar-refractivity contribution < 1.29 is 27.4 Å². The van der Waals surface area contributed by atoms with Crippen LogP contribution in [-0.4, -0.2) is 58.9 Å². The Balaban J connectivity index is 1.87. The van der Waals surface area contributed by atoms with Gasteiger partial charge in [-0.05, 0) is 37.1 Å². The molecule has 7 nitrogen and oxygen atoms in total. The van der Waals surface area contributed by atoms with E-state index in [4.69, 9.17) is 14.2 Å². The average molecular weight is 419 g/mol. The Morgan fingerprint density at radius 3 is 2.21 bits per heavy atom. The molecule has 0 spiro atoms. The fourth-order valence-electron chi connectivity index (χ4n) is 3.62. The van der Waals surface area contributed by atoms with Crippen molar-refractivity contribution >= 4 is 15.7 Å². The second-order valence-electron chi connectivity index (χ2n) is 6.80. The van der Waals surface area contributed by atoms with E-state index in [-0.39, 0.29) is 22.6 Å². The lowest BCUT2D eigenvalue weighted by Crippen LogP contribution is -2.39. The highest BCUT2D eigenvalue weighted by Gasteiger charge is 2.34. The van der Waals surface area contributed by atoms with E-state index in [1.165, 1.54) is 21.3 Å². The number of carbonyl (C=O) groups excluding carboxylic acids is 1. The van der Waals surface area contributed by atoms with Crippen molar-refractivity contribution in [1.29, 1.82) is 0 Å². The molecule has 1 aliphatic rings. The molecule has 0 aliphatic carbocycles. The van der Waals surface area contributed by atoms with Crippen molar-refractivity contribution in [3.8, 4) is 17.2 Å². The molecule has 29 heavy (non-hydrogen) atoms. The maximum absolute atomic E-state index is 13.2. The normalized spacial score (nSPS) is 16.5. The summed E-state index contributed by atoms with van der Waals surface area (Å²) in [5.41, 5.74) is 0.364. The van der Waals surface area contributed by atoms with Gasteiger partial charge in [0.1, 0.15) is 0 Å². The molecule has 1 amide bonds. The molecular formula is C21H25NO6S. The van der Waals surface area contributed by atoms with Gasteiger partial charge in [-0.3, -0.25) is 4.79 Å². The Hall–Kier alpha value is -2.74. The number of hydrogen-bond donors (Lipinski definition) is 0. The predicted molar refractivity (Wildman–Crippen MR) is 109 cm³/mol. The number of methoxy groups -OCH3 is 3. The molecule has 1 aliphatic heterocycles. The van der Waals surface area contributed by atoms with E-state index >= 15 is 0 Å². The van der Waals surface area contributed by atoms with Crippen molar-refractivity contribution in [3.05, 3.63) is 48.0 Å². The first-order chi connectivity index (χ1) is 13.9. The Morgan fingerprint density at radius 1 is 1.03 bits per heavy atom. The third kappa shape index (κ3) is 4.32. The van der Waals surface area contributed by atoms with E-state index < -0.39 is 9.84 Å². The summed E-state index contributed by atoms with van der Waals surface area (Å²) in [5, 5.41) is 0. The molecule has 1 unspecified atom stereocenters. The number of rotatable bonds is 7. The minimum absolute atomic E-state index is 0.104. The van der Waals surface area contributed by atoms with Crippen LogP contribution < -0.4 is 14.2 Å². The first-order valence-electron chi connectivity index (χ1n) is 9.30. The third-order valence-electron chi connectivity index (χ3n) is 5.06. The molecule has 0 saturated carbocycles. The fourth-order valence-corrected chi connectivity index (χ4v) is 5.24. The molecular weight excluding hydrogens is 394 g/mol. The van der Waals surface area contributed by atoms with Crippen LogP contribution in [0.3, 0.4) is 0 Å². The molecule has 1 fully saturated rings. The van der Waals surface area contributed by atoms with Gasteiger partial charge >= 0.3 is 0 Å². The van der Waals surface area contributed by atoms with Gasteiger partial charge in [0, 0.05) is 18.2 Å². The van der Waals surface area contributed by atoms with E-state index in [0.717, 1.165) is 6.42 Å². The summed E-state index contributed by atoms with van der Waals surface area (Å²) in [4.78, 5) is 15.1.